The van der Waals surface area contributed by atoms with Crippen LogP contribution in [-0.2, 0) is 25.0 Å². The first kappa shape index (κ1) is 20.0. The zero-order valence-corrected chi connectivity index (χ0v) is 17.4. The lowest BCUT2D eigenvalue weighted by Crippen LogP contribution is -2.33. The van der Waals surface area contributed by atoms with Crippen molar-refractivity contribution in [3.63, 3.8) is 0 Å². The minimum atomic E-state index is -3.82. The van der Waals surface area contributed by atoms with Gasteiger partial charge in [0.1, 0.15) is 11.9 Å². The fourth-order valence-corrected chi connectivity index (χ4v) is 4.79. The van der Waals surface area contributed by atoms with Crippen molar-refractivity contribution in [3.05, 3.63) is 86.7 Å². The lowest BCUT2D eigenvalue weighted by atomic mass is 10.0. The highest BCUT2D eigenvalue weighted by atomic mass is 31.2. The number of benzene rings is 2. The summed E-state index contributed by atoms with van der Waals surface area (Å²) in [6.07, 6.45) is 3.50. The van der Waals surface area contributed by atoms with E-state index < -0.39 is 31.4 Å². The number of hydrogen-bond donors (Lipinski definition) is 1. The van der Waals surface area contributed by atoms with E-state index in [9.17, 15) is 14.2 Å². The maximum absolute atomic E-state index is 12.9. The Labute approximate surface area is 176 Å². The molecule has 1 unspecified atom stereocenters. The third-order valence-electron chi connectivity index (χ3n) is 5.20. The fraction of sp³-hybridized carbons (Fsp3) is 0.238. The van der Waals surface area contributed by atoms with Gasteiger partial charge in [-0.3, -0.25) is 23.4 Å². The average molecular weight is 442 g/mol. The molecular weight excluding hydrogens is 423 g/mol. The van der Waals surface area contributed by atoms with Crippen LogP contribution in [0.2, 0.25) is 0 Å². The summed E-state index contributed by atoms with van der Waals surface area (Å²) in [5.74, 6) is 0.462. The second kappa shape index (κ2) is 7.62. The highest BCUT2D eigenvalue weighted by Gasteiger charge is 2.36. The first-order chi connectivity index (χ1) is 14.9. The van der Waals surface area contributed by atoms with Gasteiger partial charge in [0.2, 0.25) is 0 Å². The standard InChI is InChI=1S/C21H19N2O7P/c1-13-10-23(21(25)22-20(13)24)19-9-7-15(29-19)11-27-31(26)28-12-17-16-5-3-2-4-14(16)6-8-18(17)30-31/h2-10,15,19H,11-12H2,1H3,(H,22,24,25)/t15-,19+,31?/m0/s1. The van der Waals surface area contributed by atoms with Crippen LogP contribution in [0.1, 0.15) is 17.4 Å². The number of hydrogen-bond acceptors (Lipinski definition) is 7. The van der Waals surface area contributed by atoms with Gasteiger partial charge in [0.15, 0.2) is 6.23 Å². The molecule has 2 aliphatic rings. The molecule has 160 valence electrons. The molecule has 0 spiro atoms. The van der Waals surface area contributed by atoms with Gasteiger partial charge >= 0.3 is 13.5 Å². The molecule has 10 heteroatoms. The van der Waals surface area contributed by atoms with E-state index in [1.165, 1.54) is 10.8 Å². The van der Waals surface area contributed by atoms with E-state index in [1.54, 1.807) is 25.1 Å². The molecule has 3 aromatic rings. The Morgan fingerprint density at radius 1 is 1.19 bits per heavy atom. The Kier molecular flexibility index (Phi) is 4.91. The zero-order valence-electron chi connectivity index (χ0n) is 16.5. The van der Waals surface area contributed by atoms with E-state index in [1.807, 2.05) is 30.3 Å². The number of nitrogens with one attached hydrogen (secondary N) is 1. The number of phosphoric acid groups is 1. The summed E-state index contributed by atoms with van der Waals surface area (Å²) < 4.78 is 36.5. The maximum atomic E-state index is 12.9. The van der Waals surface area contributed by atoms with Crippen molar-refractivity contribution in [3.8, 4) is 5.75 Å². The van der Waals surface area contributed by atoms with Crippen LogP contribution in [0, 0.1) is 6.92 Å². The van der Waals surface area contributed by atoms with Gasteiger partial charge in [-0.25, -0.2) is 9.36 Å². The number of nitrogens with zero attached hydrogens (tertiary/aromatic N) is 1. The van der Waals surface area contributed by atoms with E-state index >= 15 is 0 Å². The van der Waals surface area contributed by atoms with Gasteiger partial charge in [0.25, 0.3) is 5.56 Å². The van der Waals surface area contributed by atoms with Crippen LogP contribution in [0.5, 0.6) is 5.75 Å². The van der Waals surface area contributed by atoms with Crippen LogP contribution >= 0.6 is 7.82 Å². The van der Waals surface area contributed by atoms with Crippen LogP contribution in [-0.4, -0.2) is 22.3 Å². The van der Waals surface area contributed by atoms with Gasteiger partial charge in [-0.1, -0.05) is 36.4 Å². The molecule has 5 rings (SSSR count). The van der Waals surface area contributed by atoms with E-state index in [2.05, 4.69) is 4.98 Å². The lowest BCUT2D eigenvalue weighted by molar-refractivity contribution is -0.0130. The van der Waals surface area contributed by atoms with Crippen LogP contribution in [0.15, 0.2) is 64.3 Å². The van der Waals surface area contributed by atoms with E-state index in [0.717, 1.165) is 16.3 Å². The lowest BCUT2D eigenvalue weighted by Gasteiger charge is -2.26. The van der Waals surface area contributed by atoms with Crippen LogP contribution in [0.25, 0.3) is 10.8 Å². The molecule has 9 nitrogen and oxygen atoms in total. The molecule has 0 fully saturated rings. The SMILES string of the molecule is Cc1cn([C@H]2C=C[C@@H](COP3(=O)OCc4c(ccc5ccccc45)O3)O2)c(=O)[nH]c1=O. The Balaban J connectivity index is 1.26. The summed E-state index contributed by atoms with van der Waals surface area (Å²) in [4.78, 5) is 25.8. The second-order valence-electron chi connectivity index (χ2n) is 7.30. The summed E-state index contributed by atoms with van der Waals surface area (Å²) in [6, 6.07) is 11.4. The monoisotopic (exact) mass is 442 g/mol. The Morgan fingerprint density at radius 2 is 2.03 bits per heavy atom. The molecule has 0 aliphatic carbocycles. The van der Waals surface area contributed by atoms with Gasteiger partial charge in [-0.15, -0.1) is 0 Å². The van der Waals surface area contributed by atoms with Gasteiger partial charge in [0.05, 0.1) is 13.2 Å². The van der Waals surface area contributed by atoms with E-state index in [-0.39, 0.29) is 13.2 Å². The number of aryl methyl sites for hydroxylation is 1. The van der Waals surface area contributed by atoms with Crippen LogP contribution < -0.4 is 15.8 Å². The normalized spacial score (nSPS) is 24.8. The highest BCUT2D eigenvalue weighted by Crippen LogP contribution is 2.55. The molecule has 0 amide bonds. The fourth-order valence-electron chi connectivity index (χ4n) is 3.59. The molecule has 31 heavy (non-hydrogen) atoms. The maximum Gasteiger partial charge on any atom is 0.530 e. The van der Waals surface area contributed by atoms with Gasteiger partial charge in [-0.2, -0.15) is 0 Å². The molecule has 2 aliphatic heterocycles. The van der Waals surface area contributed by atoms with Crippen LogP contribution in [0.3, 0.4) is 0 Å². The molecule has 0 radical (unpaired) electrons. The summed E-state index contributed by atoms with van der Waals surface area (Å²) in [6.45, 7) is 1.60. The summed E-state index contributed by atoms with van der Waals surface area (Å²) in [7, 11) is -3.82. The van der Waals surface area contributed by atoms with Crippen molar-refractivity contribution in [2.45, 2.75) is 25.9 Å². The summed E-state index contributed by atoms with van der Waals surface area (Å²) >= 11 is 0. The second-order valence-corrected chi connectivity index (χ2v) is 8.89. The number of fused-ring (bicyclic) bond motifs is 3. The topological polar surface area (TPSA) is 109 Å². The molecule has 0 saturated heterocycles. The van der Waals surface area contributed by atoms with Crippen molar-refractivity contribution in [1.29, 1.82) is 0 Å². The minimum Gasteiger partial charge on any atom is -0.404 e. The Morgan fingerprint density at radius 3 is 2.90 bits per heavy atom. The van der Waals surface area contributed by atoms with Crippen molar-refractivity contribution in [2.24, 2.45) is 0 Å². The Hall–Kier alpha value is -2.97. The van der Waals surface area contributed by atoms with Crippen molar-refractivity contribution < 1.29 is 22.9 Å². The molecule has 0 bridgehead atoms. The predicted molar refractivity (Wildman–Crippen MR) is 112 cm³/mol. The molecule has 0 saturated carbocycles. The zero-order chi connectivity index (χ0) is 21.6. The number of ether oxygens (including phenoxy) is 1. The van der Waals surface area contributed by atoms with Gasteiger partial charge < -0.3 is 9.26 Å². The van der Waals surface area contributed by atoms with Crippen LogP contribution in [0.4, 0.5) is 0 Å². The Bertz CT molecular complexity index is 1360. The van der Waals surface area contributed by atoms with Crippen molar-refractivity contribution in [1.82, 2.24) is 9.55 Å². The third kappa shape index (κ3) is 3.77. The average Bonchev–Trinajstić information content (AvgIpc) is 3.23. The van der Waals surface area contributed by atoms with E-state index in [0.29, 0.717) is 11.3 Å². The van der Waals surface area contributed by atoms with Crippen molar-refractivity contribution in [2.75, 3.05) is 6.61 Å². The number of aromatic amines is 1. The molecular formula is C21H19N2O7P. The molecule has 3 atom stereocenters. The third-order valence-corrected chi connectivity index (χ3v) is 6.53. The molecule has 3 heterocycles. The predicted octanol–water partition coefficient (Wildman–Crippen LogP) is 3.19. The number of H-pyrrole nitrogens is 1. The molecule has 2 aromatic carbocycles. The summed E-state index contributed by atoms with van der Waals surface area (Å²) in [5, 5.41) is 2.01. The molecule has 1 aromatic heterocycles. The van der Waals surface area contributed by atoms with Crippen molar-refractivity contribution >= 4 is 18.6 Å². The first-order valence-electron chi connectivity index (χ1n) is 9.67. The largest absolute Gasteiger partial charge is 0.530 e. The summed E-state index contributed by atoms with van der Waals surface area (Å²) in [5.41, 5.74) is 0.178. The first-order valence-corrected chi connectivity index (χ1v) is 11.1. The minimum absolute atomic E-state index is 0.0930. The quantitative estimate of drug-likeness (QED) is 0.488. The van der Waals surface area contributed by atoms with Gasteiger partial charge in [0, 0.05) is 17.3 Å². The molecule has 1 N–H and O–H groups in total. The van der Waals surface area contributed by atoms with Gasteiger partial charge in [-0.05, 0) is 29.8 Å². The highest BCUT2D eigenvalue weighted by molar-refractivity contribution is 7.49. The number of phosphoric ester groups is 1. The number of aromatic nitrogens is 2. The smallest absolute Gasteiger partial charge is 0.404 e. The number of rotatable bonds is 4. The van der Waals surface area contributed by atoms with E-state index in [4.69, 9.17) is 18.3 Å².